The van der Waals surface area contributed by atoms with Crippen molar-refractivity contribution in [3.63, 3.8) is 0 Å². The van der Waals surface area contributed by atoms with E-state index < -0.39 is 21.0 Å². The summed E-state index contributed by atoms with van der Waals surface area (Å²) in [5.74, 6) is -0.583. The summed E-state index contributed by atoms with van der Waals surface area (Å²) in [5.41, 5.74) is 7.92. The van der Waals surface area contributed by atoms with Gasteiger partial charge in [-0.3, -0.25) is 4.79 Å². The van der Waals surface area contributed by atoms with E-state index in [0.717, 1.165) is 6.26 Å². The molecule has 0 aliphatic rings. The van der Waals surface area contributed by atoms with Crippen molar-refractivity contribution in [2.24, 2.45) is 5.11 Å². The number of carbonyl (C=O) groups excluding carboxylic acids is 1. The fourth-order valence-electron chi connectivity index (χ4n) is 0.612. The number of carbonyl (C=O) groups is 1. The molecule has 1 atom stereocenters. The Kier molecular flexibility index (Phi) is 4.96. The lowest BCUT2D eigenvalue weighted by Crippen LogP contribution is -2.38. The Bertz CT molecular complexity index is 344. The van der Waals surface area contributed by atoms with E-state index in [-0.39, 0.29) is 13.1 Å². The van der Waals surface area contributed by atoms with Crippen molar-refractivity contribution in [2.75, 3.05) is 19.3 Å². The zero-order chi connectivity index (χ0) is 11.2. The summed E-state index contributed by atoms with van der Waals surface area (Å²) in [6, 6.07) is 0. The van der Waals surface area contributed by atoms with Crippen LogP contribution in [-0.2, 0) is 14.6 Å². The maximum atomic E-state index is 11.1. The zero-order valence-electron chi connectivity index (χ0n) is 7.97. The number of rotatable bonds is 5. The highest BCUT2D eigenvalue weighted by Crippen LogP contribution is 1.96. The number of hydrogen-bond donors (Lipinski definition) is 1. The first kappa shape index (κ1) is 12.7. The molecule has 0 saturated heterocycles. The molecule has 0 spiro atoms. The van der Waals surface area contributed by atoms with Gasteiger partial charge in [0.05, 0.1) is 0 Å². The molecule has 0 saturated carbocycles. The van der Waals surface area contributed by atoms with Crippen LogP contribution in [0.5, 0.6) is 0 Å². The van der Waals surface area contributed by atoms with Gasteiger partial charge in [-0.15, -0.1) is 0 Å². The van der Waals surface area contributed by atoms with Crippen LogP contribution in [0.1, 0.15) is 6.92 Å². The van der Waals surface area contributed by atoms with Crippen LogP contribution >= 0.6 is 0 Å². The van der Waals surface area contributed by atoms with Crippen LogP contribution in [0.25, 0.3) is 10.4 Å². The summed E-state index contributed by atoms with van der Waals surface area (Å²) in [4.78, 5) is 13.6. The fraction of sp³-hybridized carbons (Fsp3) is 0.833. The molecule has 14 heavy (non-hydrogen) atoms. The predicted molar refractivity (Wildman–Crippen MR) is 51.3 cm³/mol. The van der Waals surface area contributed by atoms with Gasteiger partial charge >= 0.3 is 0 Å². The molecular formula is C6H12N4O3S. The molecule has 0 heterocycles. The van der Waals surface area contributed by atoms with E-state index in [1.807, 2.05) is 0 Å². The third-order valence-corrected chi connectivity index (χ3v) is 3.08. The minimum absolute atomic E-state index is 0.110. The van der Waals surface area contributed by atoms with Gasteiger partial charge in [-0.1, -0.05) is 5.11 Å². The number of amides is 1. The molecule has 0 aromatic heterocycles. The molecular weight excluding hydrogens is 208 g/mol. The molecule has 0 rings (SSSR count). The van der Waals surface area contributed by atoms with E-state index in [1.54, 1.807) is 0 Å². The fourth-order valence-corrected chi connectivity index (χ4v) is 1.08. The van der Waals surface area contributed by atoms with E-state index in [2.05, 4.69) is 15.3 Å². The van der Waals surface area contributed by atoms with E-state index in [4.69, 9.17) is 5.53 Å². The van der Waals surface area contributed by atoms with Gasteiger partial charge in [0.25, 0.3) is 0 Å². The van der Waals surface area contributed by atoms with E-state index >= 15 is 0 Å². The van der Waals surface area contributed by atoms with Crippen molar-refractivity contribution < 1.29 is 13.2 Å². The van der Waals surface area contributed by atoms with E-state index in [0.29, 0.717) is 0 Å². The lowest BCUT2D eigenvalue weighted by molar-refractivity contribution is -0.120. The average Bonchev–Trinajstić information content (AvgIpc) is 2.09. The highest BCUT2D eigenvalue weighted by atomic mass is 32.2. The third kappa shape index (κ3) is 4.68. The molecule has 0 aromatic rings. The summed E-state index contributed by atoms with van der Waals surface area (Å²) >= 11 is 0. The molecule has 0 bridgehead atoms. The molecule has 0 radical (unpaired) electrons. The van der Waals surface area contributed by atoms with Gasteiger partial charge in [-0.2, -0.15) is 0 Å². The highest BCUT2D eigenvalue weighted by molar-refractivity contribution is 7.92. The molecule has 0 aliphatic carbocycles. The zero-order valence-corrected chi connectivity index (χ0v) is 8.78. The van der Waals surface area contributed by atoms with Gasteiger partial charge in [0, 0.05) is 24.3 Å². The van der Waals surface area contributed by atoms with Gasteiger partial charge in [-0.05, 0) is 12.5 Å². The highest BCUT2D eigenvalue weighted by Gasteiger charge is 2.22. The first-order valence-corrected chi connectivity index (χ1v) is 5.82. The third-order valence-electron chi connectivity index (χ3n) is 1.59. The average molecular weight is 220 g/mol. The SMILES string of the molecule is CC(C(=O)NCCN=[N+]=[N-])S(C)(=O)=O. The van der Waals surface area contributed by atoms with Crippen LogP contribution < -0.4 is 5.32 Å². The second kappa shape index (κ2) is 5.46. The van der Waals surface area contributed by atoms with Gasteiger partial charge < -0.3 is 5.32 Å². The summed E-state index contributed by atoms with van der Waals surface area (Å²) in [7, 11) is -3.36. The maximum absolute atomic E-state index is 11.1. The summed E-state index contributed by atoms with van der Waals surface area (Å²) in [6.07, 6.45) is 0.991. The van der Waals surface area contributed by atoms with Crippen LogP contribution in [0.15, 0.2) is 5.11 Å². The molecule has 1 amide bonds. The van der Waals surface area contributed by atoms with Gasteiger partial charge in [0.2, 0.25) is 5.91 Å². The second-order valence-corrected chi connectivity index (χ2v) is 5.08. The first-order valence-electron chi connectivity index (χ1n) is 3.87. The smallest absolute Gasteiger partial charge is 0.238 e. The molecule has 1 N–H and O–H groups in total. The quantitative estimate of drug-likeness (QED) is 0.301. The van der Waals surface area contributed by atoms with E-state index in [1.165, 1.54) is 6.92 Å². The summed E-state index contributed by atoms with van der Waals surface area (Å²) in [5, 5.41) is 4.45. The lowest BCUT2D eigenvalue weighted by Gasteiger charge is -2.08. The molecule has 1 unspecified atom stereocenters. The van der Waals surface area contributed by atoms with Crippen LogP contribution in [0.2, 0.25) is 0 Å². The molecule has 7 nitrogen and oxygen atoms in total. The summed E-state index contributed by atoms with van der Waals surface area (Å²) in [6.45, 7) is 1.56. The van der Waals surface area contributed by atoms with Crippen molar-refractivity contribution >= 4 is 15.7 Å². The normalized spacial score (nSPS) is 12.7. The van der Waals surface area contributed by atoms with Crippen LogP contribution in [0, 0.1) is 0 Å². The van der Waals surface area contributed by atoms with Crippen molar-refractivity contribution in [1.82, 2.24) is 5.32 Å². The van der Waals surface area contributed by atoms with Crippen LogP contribution in [0.4, 0.5) is 0 Å². The Morgan fingerprint density at radius 3 is 2.64 bits per heavy atom. The number of sulfone groups is 1. The predicted octanol–water partition coefficient (Wildman–Crippen LogP) is -0.154. The molecule has 0 aromatic carbocycles. The molecule has 0 fully saturated rings. The molecule has 8 heteroatoms. The Morgan fingerprint density at radius 1 is 1.64 bits per heavy atom. The topological polar surface area (TPSA) is 112 Å². The second-order valence-electron chi connectivity index (χ2n) is 2.72. The number of azide groups is 1. The summed E-state index contributed by atoms with van der Waals surface area (Å²) < 4.78 is 21.8. The Morgan fingerprint density at radius 2 is 2.21 bits per heavy atom. The van der Waals surface area contributed by atoms with Gasteiger partial charge in [-0.25, -0.2) is 8.42 Å². The minimum Gasteiger partial charge on any atom is -0.355 e. The number of nitrogens with one attached hydrogen (secondary N) is 1. The van der Waals surface area contributed by atoms with Crippen molar-refractivity contribution in [1.29, 1.82) is 0 Å². The number of nitrogens with zero attached hydrogens (tertiary/aromatic N) is 3. The van der Waals surface area contributed by atoms with Crippen molar-refractivity contribution in [2.45, 2.75) is 12.2 Å². The Hall–Kier alpha value is -1.27. The number of hydrogen-bond acceptors (Lipinski definition) is 4. The standard InChI is InChI=1S/C6H12N4O3S/c1-5(14(2,12)13)6(11)8-3-4-9-10-7/h5H,3-4H2,1-2H3,(H,8,11). The molecule has 80 valence electrons. The van der Waals surface area contributed by atoms with Crippen LogP contribution in [-0.4, -0.2) is 38.9 Å². The van der Waals surface area contributed by atoms with Gasteiger partial charge in [0.1, 0.15) is 5.25 Å². The lowest BCUT2D eigenvalue weighted by atomic mass is 10.4. The van der Waals surface area contributed by atoms with Crippen molar-refractivity contribution in [3.8, 4) is 0 Å². The largest absolute Gasteiger partial charge is 0.355 e. The minimum atomic E-state index is -3.36. The van der Waals surface area contributed by atoms with Crippen molar-refractivity contribution in [3.05, 3.63) is 10.4 Å². The monoisotopic (exact) mass is 220 g/mol. The maximum Gasteiger partial charge on any atom is 0.238 e. The Labute approximate surface area is 82.0 Å². The first-order chi connectivity index (χ1) is 6.39. The van der Waals surface area contributed by atoms with Crippen LogP contribution in [0.3, 0.4) is 0 Å². The molecule has 0 aliphatic heterocycles. The van der Waals surface area contributed by atoms with E-state index in [9.17, 15) is 13.2 Å². The Balaban J connectivity index is 4.04. The van der Waals surface area contributed by atoms with Gasteiger partial charge in [0.15, 0.2) is 9.84 Å².